The van der Waals surface area contributed by atoms with E-state index in [0.717, 1.165) is 28.0 Å². The summed E-state index contributed by atoms with van der Waals surface area (Å²) in [4.78, 5) is 27.9. The molecule has 0 fully saturated rings. The summed E-state index contributed by atoms with van der Waals surface area (Å²) in [5, 5.41) is 2.90. The molecular weight excluding hydrogens is 354 g/mol. The highest BCUT2D eigenvalue weighted by Gasteiger charge is 2.20. The first-order valence-corrected chi connectivity index (χ1v) is 9.53. The highest BCUT2D eigenvalue weighted by Crippen LogP contribution is 2.26. The van der Waals surface area contributed by atoms with E-state index in [-0.39, 0.29) is 24.1 Å². The van der Waals surface area contributed by atoms with Gasteiger partial charge in [0.25, 0.3) is 11.5 Å². The summed E-state index contributed by atoms with van der Waals surface area (Å²) >= 11 is 0. The first-order chi connectivity index (χ1) is 13.3. The van der Waals surface area contributed by atoms with Gasteiger partial charge < -0.3 is 19.4 Å². The predicted molar refractivity (Wildman–Crippen MR) is 110 cm³/mol. The second-order valence-corrected chi connectivity index (χ2v) is 7.09. The van der Waals surface area contributed by atoms with Crippen LogP contribution in [0.1, 0.15) is 58.4 Å². The number of pyridine rings is 2. The van der Waals surface area contributed by atoms with Crippen LogP contribution in [0, 0.1) is 20.8 Å². The van der Waals surface area contributed by atoms with Gasteiger partial charge in [0.1, 0.15) is 0 Å². The number of hydrogen-bond donors (Lipinski definition) is 2. The standard InChI is InChI=1S/C22H27N3O3/c1-6-28-16(5)20-15(4)18(11-17-8-7-9-25(17)20)21(26)23-12-19-13(2)10-14(3)24-22(19)27/h7-11,16H,6,12H2,1-5H3,(H,23,26)(H,24,27). The zero-order chi connectivity index (χ0) is 20.4. The lowest BCUT2D eigenvalue weighted by Gasteiger charge is -2.20. The monoisotopic (exact) mass is 381 g/mol. The molecular formula is C22H27N3O3. The highest BCUT2D eigenvalue weighted by atomic mass is 16.5. The van der Waals surface area contributed by atoms with Gasteiger partial charge in [-0.2, -0.15) is 0 Å². The van der Waals surface area contributed by atoms with Gasteiger partial charge in [-0.1, -0.05) is 0 Å². The van der Waals surface area contributed by atoms with Crippen molar-refractivity contribution >= 4 is 11.4 Å². The maximum Gasteiger partial charge on any atom is 0.253 e. The first-order valence-electron chi connectivity index (χ1n) is 9.53. The fourth-order valence-corrected chi connectivity index (χ4v) is 3.74. The number of H-pyrrole nitrogens is 1. The molecule has 6 heteroatoms. The summed E-state index contributed by atoms with van der Waals surface area (Å²) in [6.45, 7) is 10.4. The number of ether oxygens (including phenoxy) is 1. The van der Waals surface area contributed by atoms with E-state index in [1.807, 2.05) is 65.1 Å². The van der Waals surface area contributed by atoms with E-state index >= 15 is 0 Å². The van der Waals surface area contributed by atoms with Gasteiger partial charge in [0.05, 0.1) is 11.8 Å². The van der Waals surface area contributed by atoms with Crippen LogP contribution in [-0.2, 0) is 11.3 Å². The summed E-state index contributed by atoms with van der Waals surface area (Å²) in [5.74, 6) is -0.203. The third-order valence-corrected chi connectivity index (χ3v) is 5.09. The SMILES string of the molecule is CCOC(C)c1c(C)c(C(=O)NCc2c(C)cc(C)[nH]c2=O)cc2cccn12. The van der Waals surface area contributed by atoms with Crippen molar-refractivity contribution in [3.05, 3.63) is 74.5 Å². The van der Waals surface area contributed by atoms with Gasteiger partial charge in [0.15, 0.2) is 0 Å². The van der Waals surface area contributed by atoms with Crippen molar-refractivity contribution < 1.29 is 9.53 Å². The van der Waals surface area contributed by atoms with Crippen LogP contribution in [0.25, 0.3) is 5.52 Å². The van der Waals surface area contributed by atoms with Gasteiger partial charge in [-0.05, 0) is 70.0 Å². The molecule has 0 aromatic carbocycles. The molecule has 0 spiro atoms. The van der Waals surface area contributed by atoms with E-state index in [1.165, 1.54) is 0 Å². The number of rotatable bonds is 6. The number of aromatic amines is 1. The Morgan fingerprint density at radius 2 is 2.04 bits per heavy atom. The summed E-state index contributed by atoms with van der Waals surface area (Å²) in [6.07, 6.45) is 1.83. The Balaban J connectivity index is 1.94. The summed E-state index contributed by atoms with van der Waals surface area (Å²) in [5.41, 5.74) is 5.43. The normalized spacial score (nSPS) is 12.3. The van der Waals surface area contributed by atoms with Crippen LogP contribution < -0.4 is 10.9 Å². The number of carbonyl (C=O) groups excluding carboxylic acids is 1. The average molecular weight is 381 g/mol. The lowest BCUT2D eigenvalue weighted by molar-refractivity contribution is 0.0719. The zero-order valence-electron chi connectivity index (χ0n) is 17.1. The molecule has 2 N–H and O–H groups in total. The molecule has 1 atom stereocenters. The number of nitrogens with zero attached hydrogens (tertiary/aromatic N) is 1. The van der Waals surface area contributed by atoms with Crippen molar-refractivity contribution in [2.75, 3.05) is 6.61 Å². The Bertz CT molecular complexity index is 1080. The second-order valence-electron chi connectivity index (χ2n) is 7.09. The number of aryl methyl sites for hydroxylation is 2. The molecule has 0 saturated heterocycles. The number of hydrogen-bond acceptors (Lipinski definition) is 3. The molecule has 0 aliphatic rings. The Morgan fingerprint density at radius 3 is 2.71 bits per heavy atom. The van der Waals surface area contributed by atoms with Gasteiger partial charge in [-0.3, -0.25) is 9.59 Å². The minimum absolute atomic E-state index is 0.144. The number of amides is 1. The number of aromatic nitrogens is 2. The molecule has 0 bridgehead atoms. The van der Waals surface area contributed by atoms with Gasteiger partial charge in [0.2, 0.25) is 0 Å². The minimum atomic E-state index is -0.203. The molecule has 148 valence electrons. The van der Waals surface area contributed by atoms with Crippen molar-refractivity contribution in [1.82, 2.24) is 14.7 Å². The average Bonchev–Trinajstić information content (AvgIpc) is 3.08. The fourth-order valence-electron chi connectivity index (χ4n) is 3.74. The smallest absolute Gasteiger partial charge is 0.253 e. The van der Waals surface area contributed by atoms with Crippen LogP contribution >= 0.6 is 0 Å². The highest BCUT2D eigenvalue weighted by molar-refractivity contribution is 5.97. The zero-order valence-corrected chi connectivity index (χ0v) is 17.1. The maximum atomic E-state index is 13.0. The van der Waals surface area contributed by atoms with E-state index < -0.39 is 0 Å². The summed E-state index contributed by atoms with van der Waals surface area (Å²) in [6, 6.07) is 7.70. The molecule has 1 amide bonds. The molecule has 0 aliphatic carbocycles. The minimum Gasteiger partial charge on any atom is -0.373 e. The first kappa shape index (κ1) is 19.9. The van der Waals surface area contributed by atoms with Gasteiger partial charge in [-0.25, -0.2) is 0 Å². The van der Waals surface area contributed by atoms with Crippen molar-refractivity contribution in [3.63, 3.8) is 0 Å². The van der Waals surface area contributed by atoms with E-state index in [4.69, 9.17) is 4.74 Å². The molecule has 3 aromatic heterocycles. The van der Waals surface area contributed by atoms with Crippen LogP contribution in [0.2, 0.25) is 0 Å². The third-order valence-electron chi connectivity index (χ3n) is 5.09. The van der Waals surface area contributed by atoms with Gasteiger partial charge in [-0.15, -0.1) is 0 Å². The van der Waals surface area contributed by atoms with Gasteiger partial charge in [0, 0.05) is 41.7 Å². The van der Waals surface area contributed by atoms with Crippen molar-refractivity contribution in [2.24, 2.45) is 0 Å². The lowest BCUT2D eigenvalue weighted by atomic mass is 10.0. The van der Waals surface area contributed by atoms with E-state index in [1.54, 1.807) is 0 Å². The lowest BCUT2D eigenvalue weighted by Crippen LogP contribution is -2.29. The molecule has 0 radical (unpaired) electrons. The molecule has 1 unspecified atom stereocenters. The van der Waals surface area contributed by atoms with Crippen LogP contribution in [0.5, 0.6) is 0 Å². The third kappa shape index (κ3) is 3.73. The van der Waals surface area contributed by atoms with Crippen LogP contribution in [0.15, 0.2) is 35.3 Å². The van der Waals surface area contributed by atoms with Crippen LogP contribution in [-0.4, -0.2) is 21.9 Å². The van der Waals surface area contributed by atoms with E-state index in [0.29, 0.717) is 17.7 Å². The molecule has 6 nitrogen and oxygen atoms in total. The van der Waals surface area contributed by atoms with Crippen molar-refractivity contribution in [2.45, 2.75) is 47.3 Å². The molecule has 3 rings (SSSR count). The second kappa shape index (κ2) is 8.02. The summed E-state index contributed by atoms with van der Waals surface area (Å²) < 4.78 is 7.85. The molecule has 3 heterocycles. The largest absolute Gasteiger partial charge is 0.373 e. The summed E-state index contributed by atoms with van der Waals surface area (Å²) in [7, 11) is 0. The fraction of sp³-hybridized carbons (Fsp3) is 0.364. The molecule has 0 saturated carbocycles. The Labute approximate surface area is 164 Å². The van der Waals surface area contributed by atoms with E-state index in [9.17, 15) is 9.59 Å². The number of nitrogens with one attached hydrogen (secondary N) is 2. The maximum absolute atomic E-state index is 13.0. The van der Waals surface area contributed by atoms with Crippen LogP contribution in [0.3, 0.4) is 0 Å². The predicted octanol–water partition coefficient (Wildman–Crippen LogP) is 3.58. The van der Waals surface area contributed by atoms with Crippen molar-refractivity contribution in [3.8, 4) is 0 Å². The number of fused-ring (bicyclic) bond motifs is 1. The Morgan fingerprint density at radius 1 is 1.29 bits per heavy atom. The molecule has 3 aromatic rings. The van der Waals surface area contributed by atoms with Gasteiger partial charge >= 0.3 is 0 Å². The quantitative estimate of drug-likeness (QED) is 0.685. The Kier molecular flexibility index (Phi) is 5.70. The topological polar surface area (TPSA) is 75.6 Å². The number of carbonyl (C=O) groups is 1. The molecule has 0 aliphatic heterocycles. The molecule has 28 heavy (non-hydrogen) atoms. The van der Waals surface area contributed by atoms with Crippen LogP contribution in [0.4, 0.5) is 0 Å². The van der Waals surface area contributed by atoms with E-state index in [2.05, 4.69) is 14.7 Å². The Hall–Kier alpha value is -2.86. The van der Waals surface area contributed by atoms with Crippen molar-refractivity contribution in [1.29, 1.82) is 0 Å².